The number of hydrogen-bond acceptors (Lipinski definition) is 5. The Morgan fingerprint density at radius 3 is 2.94 bits per heavy atom. The first-order valence-corrected chi connectivity index (χ1v) is 6.98. The fourth-order valence-corrected chi connectivity index (χ4v) is 2.74. The molecule has 18 heavy (non-hydrogen) atoms. The number of hydrogen-bond donors (Lipinski definition) is 1. The van der Waals surface area contributed by atoms with E-state index in [2.05, 4.69) is 10.3 Å². The quantitative estimate of drug-likeness (QED) is 0.811. The number of rotatable bonds is 5. The van der Waals surface area contributed by atoms with Crippen LogP contribution in [0.5, 0.6) is 0 Å². The van der Waals surface area contributed by atoms with Crippen LogP contribution < -0.4 is 5.32 Å². The molecule has 0 spiro atoms. The van der Waals surface area contributed by atoms with Gasteiger partial charge < -0.3 is 5.32 Å². The van der Waals surface area contributed by atoms with Crippen LogP contribution in [-0.4, -0.2) is 34.3 Å². The summed E-state index contributed by atoms with van der Waals surface area (Å²) in [6.07, 6.45) is 1.08. The van der Waals surface area contributed by atoms with E-state index in [9.17, 15) is 9.59 Å². The maximum atomic E-state index is 12.0. The maximum Gasteiger partial charge on any atom is 0.246 e. The molecule has 2 amide bonds. The Kier molecular flexibility index (Phi) is 4.08. The molecule has 2 rings (SSSR count). The fourth-order valence-electron chi connectivity index (χ4n) is 2.01. The van der Waals surface area contributed by atoms with Crippen molar-refractivity contribution >= 4 is 23.2 Å². The highest BCUT2D eigenvalue weighted by molar-refractivity contribution is 7.09. The first-order valence-electron chi connectivity index (χ1n) is 6.10. The molecule has 1 N–H and O–H groups in total. The average Bonchev–Trinajstić information content (AvgIpc) is 2.86. The highest BCUT2D eigenvalue weighted by Crippen LogP contribution is 2.16. The van der Waals surface area contributed by atoms with Crippen LogP contribution in [0.3, 0.4) is 0 Å². The molecule has 1 fully saturated rings. The third kappa shape index (κ3) is 2.59. The van der Waals surface area contributed by atoms with Gasteiger partial charge in [-0.1, -0.05) is 6.92 Å². The van der Waals surface area contributed by atoms with Gasteiger partial charge in [0.2, 0.25) is 11.8 Å². The minimum atomic E-state index is -0.370. The van der Waals surface area contributed by atoms with E-state index in [-0.39, 0.29) is 24.3 Å². The molecule has 6 heteroatoms. The van der Waals surface area contributed by atoms with Gasteiger partial charge >= 0.3 is 0 Å². The molecular formula is C12H17N3O2S. The Bertz CT molecular complexity index is 458. The van der Waals surface area contributed by atoms with Gasteiger partial charge in [0, 0.05) is 18.0 Å². The number of aryl methyl sites for hydroxylation is 1. The van der Waals surface area contributed by atoms with Crippen molar-refractivity contribution in [1.82, 2.24) is 15.2 Å². The standard InChI is InChI=1S/C12H17N3O2S/c1-3-4-15-11(16)5-9(12(15)17)13-6-10-8(2)14-7-18-10/h7,9,13H,3-6H2,1-2H3. The lowest BCUT2D eigenvalue weighted by Crippen LogP contribution is -2.38. The van der Waals surface area contributed by atoms with Crippen LogP contribution in [0.1, 0.15) is 30.3 Å². The first-order chi connectivity index (χ1) is 8.63. The summed E-state index contributed by atoms with van der Waals surface area (Å²) >= 11 is 1.56. The SMILES string of the molecule is CCCN1C(=O)CC(NCc2scnc2C)C1=O. The zero-order chi connectivity index (χ0) is 13.1. The smallest absolute Gasteiger partial charge is 0.246 e. The van der Waals surface area contributed by atoms with Gasteiger partial charge in [0.1, 0.15) is 0 Å². The second kappa shape index (κ2) is 5.58. The van der Waals surface area contributed by atoms with E-state index < -0.39 is 0 Å². The van der Waals surface area contributed by atoms with Gasteiger partial charge in [-0.25, -0.2) is 4.98 Å². The van der Waals surface area contributed by atoms with E-state index in [1.165, 1.54) is 4.90 Å². The monoisotopic (exact) mass is 267 g/mol. The Morgan fingerprint density at radius 2 is 2.33 bits per heavy atom. The molecule has 1 atom stereocenters. The topological polar surface area (TPSA) is 62.3 Å². The average molecular weight is 267 g/mol. The van der Waals surface area contributed by atoms with Crippen molar-refractivity contribution in [1.29, 1.82) is 0 Å². The molecule has 98 valence electrons. The van der Waals surface area contributed by atoms with Crippen molar-refractivity contribution in [3.63, 3.8) is 0 Å². The largest absolute Gasteiger partial charge is 0.300 e. The van der Waals surface area contributed by atoms with Gasteiger partial charge in [-0.15, -0.1) is 11.3 Å². The van der Waals surface area contributed by atoms with Crippen LogP contribution >= 0.6 is 11.3 Å². The third-order valence-corrected chi connectivity index (χ3v) is 3.98. The number of nitrogens with one attached hydrogen (secondary N) is 1. The van der Waals surface area contributed by atoms with E-state index in [1.807, 2.05) is 13.8 Å². The minimum Gasteiger partial charge on any atom is -0.300 e. The van der Waals surface area contributed by atoms with Crippen molar-refractivity contribution in [2.75, 3.05) is 6.54 Å². The number of aromatic nitrogens is 1. The van der Waals surface area contributed by atoms with Gasteiger partial charge in [0.25, 0.3) is 0 Å². The van der Waals surface area contributed by atoms with Crippen LogP contribution in [0.2, 0.25) is 0 Å². The summed E-state index contributed by atoms with van der Waals surface area (Å²) < 4.78 is 0. The summed E-state index contributed by atoms with van der Waals surface area (Å²) in [7, 11) is 0. The van der Waals surface area contributed by atoms with E-state index in [0.717, 1.165) is 17.0 Å². The Labute approximate surface area is 110 Å². The summed E-state index contributed by atoms with van der Waals surface area (Å²) in [4.78, 5) is 30.3. The van der Waals surface area contributed by atoms with Crippen LogP contribution in [0.15, 0.2) is 5.51 Å². The first kappa shape index (κ1) is 13.2. The fraction of sp³-hybridized carbons (Fsp3) is 0.583. The molecular weight excluding hydrogens is 250 g/mol. The van der Waals surface area contributed by atoms with Gasteiger partial charge in [0.15, 0.2) is 0 Å². The van der Waals surface area contributed by atoms with E-state index >= 15 is 0 Å². The molecule has 2 heterocycles. The molecule has 1 aliphatic rings. The second-order valence-corrected chi connectivity index (χ2v) is 5.32. The molecule has 0 saturated carbocycles. The summed E-state index contributed by atoms with van der Waals surface area (Å²) in [5.41, 5.74) is 2.77. The molecule has 1 unspecified atom stereocenters. The second-order valence-electron chi connectivity index (χ2n) is 4.38. The van der Waals surface area contributed by atoms with Crippen LogP contribution in [-0.2, 0) is 16.1 Å². The van der Waals surface area contributed by atoms with Gasteiger partial charge in [0.05, 0.1) is 23.7 Å². The van der Waals surface area contributed by atoms with E-state index in [0.29, 0.717) is 13.1 Å². The van der Waals surface area contributed by atoms with E-state index in [4.69, 9.17) is 0 Å². The van der Waals surface area contributed by atoms with Crippen molar-refractivity contribution in [2.24, 2.45) is 0 Å². The lowest BCUT2D eigenvalue weighted by molar-refractivity contribution is -0.138. The predicted octanol–water partition coefficient (Wildman–Crippen LogP) is 1.08. The highest BCUT2D eigenvalue weighted by Gasteiger charge is 2.37. The summed E-state index contributed by atoms with van der Waals surface area (Å²) in [6, 6.07) is -0.370. The number of amides is 2. The van der Waals surface area contributed by atoms with Gasteiger partial charge in [-0.05, 0) is 13.3 Å². The maximum absolute atomic E-state index is 12.0. The summed E-state index contributed by atoms with van der Waals surface area (Å²) in [5.74, 6) is -0.163. The molecule has 5 nitrogen and oxygen atoms in total. The van der Waals surface area contributed by atoms with E-state index in [1.54, 1.807) is 16.8 Å². The summed E-state index contributed by atoms with van der Waals surface area (Å²) in [5, 5.41) is 3.15. The molecule has 1 aliphatic heterocycles. The van der Waals surface area contributed by atoms with Crippen LogP contribution in [0, 0.1) is 6.92 Å². The number of nitrogens with zero attached hydrogens (tertiary/aromatic N) is 2. The zero-order valence-electron chi connectivity index (χ0n) is 10.6. The summed E-state index contributed by atoms with van der Waals surface area (Å²) in [6.45, 7) is 5.02. The third-order valence-electron chi connectivity index (χ3n) is 3.05. The molecule has 1 saturated heterocycles. The van der Waals surface area contributed by atoms with Gasteiger partial charge in [-0.2, -0.15) is 0 Å². The van der Waals surface area contributed by atoms with Crippen molar-refractivity contribution in [3.8, 4) is 0 Å². The molecule has 0 aliphatic carbocycles. The molecule has 0 aromatic carbocycles. The number of likely N-dealkylation sites (tertiary alicyclic amines) is 1. The highest BCUT2D eigenvalue weighted by atomic mass is 32.1. The molecule has 0 radical (unpaired) electrons. The van der Waals surface area contributed by atoms with Crippen LogP contribution in [0.25, 0.3) is 0 Å². The molecule has 0 bridgehead atoms. The Balaban J connectivity index is 1.93. The Hall–Kier alpha value is -1.27. The van der Waals surface area contributed by atoms with Crippen LogP contribution in [0.4, 0.5) is 0 Å². The number of carbonyl (C=O) groups excluding carboxylic acids is 2. The Morgan fingerprint density at radius 1 is 1.56 bits per heavy atom. The lowest BCUT2D eigenvalue weighted by atomic mass is 10.2. The van der Waals surface area contributed by atoms with Crippen molar-refractivity contribution in [3.05, 3.63) is 16.1 Å². The zero-order valence-corrected chi connectivity index (χ0v) is 11.4. The number of thiazole rings is 1. The molecule has 1 aromatic rings. The molecule has 1 aromatic heterocycles. The minimum absolute atomic E-state index is 0.0691. The van der Waals surface area contributed by atoms with Crippen molar-refractivity contribution in [2.45, 2.75) is 39.3 Å². The predicted molar refractivity (Wildman–Crippen MR) is 69.1 cm³/mol. The van der Waals surface area contributed by atoms with Gasteiger partial charge in [-0.3, -0.25) is 14.5 Å². The van der Waals surface area contributed by atoms with Crippen molar-refractivity contribution < 1.29 is 9.59 Å². The number of carbonyl (C=O) groups is 2. The normalized spacial score (nSPS) is 19.9. The lowest BCUT2D eigenvalue weighted by Gasteiger charge is -2.14. The number of imide groups is 1.